The van der Waals surface area contributed by atoms with Crippen LogP contribution in [0.2, 0.25) is 0 Å². The van der Waals surface area contributed by atoms with Crippen molar-refractivity contribution in [3.8, 4) is 0 Å². The van der Waals surface area contributed by atoms with Crippen LogP contribution in [0.4, 0.5) is 8.78 Å². The smallest absolute Gasteiger partial charge is 0.249 e. The largest absolute Gasteiger partial charge is 0.337 e. The predicted octanol–water partition coefficient (Wildman–Crippen LogP) is 2.09. The molecule has 90 valence electrons. The van der Waals surface area contributed by atoms with E-state index in [1.165, 1.54) is 0 Å². The van der Waals surface area contributed by atoms with E-state index in [0.29, 0.717) is 13.0 Å². The molecule has 1 aliphatic rings. The van der Waals surface area contributed by atoms with Crippen molar-refractivity contribution in [2.24, 2.45) is 7.05 Å². The summed E-state index contributed by atoms with van der Waals surface area (Å²) in [6.45, 7) is 0.560. The van der Waals surface area contributed by atoms with Crippen molar-refractivity contribution in [2.75, 3.05) is 0 Å². The summed E-state index contributed by atoms with van der Waals surface area (Å²) < 4.78 is 28.2. The molecule has 1 saturated carbocycles. The Bertz CT molecular complexity index is 349. The van der Waals surface area contributed by atoms with E-state index in [0.717, 1.165) is 12.2 Å². The molecule has 0 bridgehead atoms. The quantitative estimate of drug-likeness (QED) is 0.860. The van der Waals surface area contributed by atoms with E-state index in [4.69, 9.17) is 0 Å². The molecule has 0 aromatic carbocycles. The van der Waals surface area contributed by atoms with Gasteiger partial charge >= 0.3 is 0 Å². The molecular weight excluding hydrogens is 212 g/mol. The third kappa shape index (κ3) is 2.78. The maximum absolute atomic E-state index is 13.1. The zero-order chi connectivity index (χ0) is 11.6. The zero-order valence-corrected chi connectivity index (χ0v) is 9.42. The first-order chi connectivity index (χ1) is 7.57. The molecule has 1 aromatic heterocycles. The third-order valence-corrected chi connectivity index (χ3v) is 3.11. The normalized spacial score (nSPS) is 24.6. The van der Waals surface area contributed by atoms with Crippen LogP contribution in [0, 0.1) is 0 Å². The summed E-state index contributed by atoms with van der Waals surface area (Å²) in [5, 5.41) is 3.16. The van der Waals surface area contributed by atoms with Crippen LogP contribution in [0.5, 0.6) is 0 Å². The molecular formula is C11H17F2N3. The summed E-state index contributed by atoms with van der Waals surface area (Å²) in [6.07, 6.45) is 5.00. The molecule has 1 atom stereocenters. The van der Waals surface area contributed by atoms with Crippen molar-refractivity contribution < 1.29 is 8.78 Å². The Morgan fingerprint density at radius 3 is 3.06 bits per heavy atom. The first kappa shape index (κ1) is 11.5. The van der Waals surface area contributed by atoms with Crippen LogP contribution in [-0.4, -0.2) is 21.5 Å². The highest BCUT2D eigenvalue weighted by molar-refractivity contribution is 4.92. The van der Waals surface area contributed by atoms with Gasteiger partial charge in [0.15, 0.2) is 0 Å². The standard InChI is InChI=1S/C11H17F2N3/c1-16-6-5-14-10(16)8-15-9-3-2-4-11(12,13)7-9/h5-6,9,15H,2-4,7-8H2,1H3. The van der Waals surface area contributed by atoms with Crippen LogP contribution in [-0.2, 0) is 13.6 Å². The molecule has 1 aromatic rings. The highest BCUT2D eigenvalue weighted by atomic mass is 19.3. The predicted molar refractivity (Wildman–Crippen MR) is 57.3 cm³/mol. The zero-order valence-electron chi connectivity index (χ0n) is 9.42. The highest BCUT2D eigenvalue weighted by Crippen LogP contribution is 2.33. The molecule has 0 aliphatic heterocycles. The average Bonchev–Trinajstić information content (AvgIpc) is 2.60. The second-order valence-electron chi connectivity index (χ2n) is 4.48. The van der Waals surface area contributed by atoms with E-state index in [9.17, 15) is 8.78 Å². The lowest BCUT2D eigenvalue weighted by Gasteiger charge is -2.29. The first-order valence-corrected chi connectivity index (χ1v) is 5.64. The van der Waals surface area contributed by atoms with E-state index < -0.39 is 5.92 Å². The van der Waals surface area contributed by atoms with E-state index in [1.807, 2.05) is 17.8 Å². The Balaban J connectivity index is 1.84. The van der Waals surface area contributed by atoms with Crippen molar-refractivity contribution in [3.63, 3.8) is 0 Å². The Labute approximate surface area is 93.9 Å². The Kier molecular flexibility index (Phi) is 3.23. The highest BCUT2D eigenvalue weighted by Gasteiger charge is 2.35. The van der Waals surface area contributed by atoms with Gasteiger partial charge in [0.05, 0.1) is 6.54 Å². The van der Waals surface area contributed by atoms with Gasteiger partial charge < -0.3 is 9.88 Å². The summed E-state index contributed by atoms with van der Waals surface area (Å²) in [4.78, 5) is 4.15. The van der Waals surface area contributed by atoms with E-state index in [2.05, 4.69) is 10.3 Å². The molecule has 1 aliphatic carbocycles. The minimum absolute atomic E-state index is 0.0353. The molecule has 1 heterocycles. The number of halogens is 2. The van der Waals surface area contributed by atoms with E-state index in [-0.39, 0.29) is 18.9 Å². The molecule has 0 amide bonds. The summed E-state index contributed by atoms with van der Waals surface area (Å²) in [5.74, 6) is -1.61. The number of nitrogens with one attached hydrogen (secondary N) is 1. The maximum Gasteiger partial charge on any atom is 0.249 e. The summed E-state index contributed by atoms with van der Waals surface area (Å²) >= 11 is 0. The molecule has 16 heavy (non-hydrogen) atoms. The van der Waals surface area contributed by atoms with Crippen molar-refractivity contribution in [1.29, 1.82) is 0 Å². The van der Waals surface area contributed by atoms with Gasteiger partial charge in [0.1, 0.15) is 5.82 Å². The molecule has 0 spiro atoms. The lowest BCUT2D eigenvalue weighted by molar-refractivity contribution is -0.0443. The summed E-state index contributed by atoms with van der Waals surface area (Å²) in [5.41, 5.74) is 0. The van der Waals surface area contributed by atoms with Crippen molar-refractivity contribution >= 4 is 0 Å². The topological polar surface area (TPSA) is 29.9 Å². The molecule has 3 nitrogen and oxygen atoms in total. The fourth-order valence-corrected chi connectivity index (χ4v) is 2.15. The Morgan fingerprint density at radius 1 is 1.62 bits per heavy atom. The van der Waals surface area contributed by atoms with Gasteiger partial charge in [0.2, 0.25) is 5.92 Å². The third-order valence-electron chi connectivity index (χ3n) is 3.11. The van der Waals surface area contributed by atoms with Gasteiger partial charge in [-0.3, -0.25) is 0 Å². The molecule has 5 heteroatoms. The maximum atomic E-state index is 13.1. The second-order valence-corrected chi connectivity index (χ2v) is 4.48. The van der Waals surface area contributed by atoms with Gasteiger partial charge in [-0.15, -0.1) is 0 Å². The molecule has 1 N–H and O–H groups in total. The lowest BCUT2D eigenvalue weighted by Crippen LogP contribution is -2.39. The minimum Gasteiger partial charge on any atom is -0.337 e. The average molecular weight is 229 g/mol. The van der Waals surface area contributed by atoms with Crippen LogP contribution in [0.3, 0.4) is 0 Å². The number of rotatable bonds is 3. The van der Waals surface area contributed by atoms with Crippen LogP contribution in [0.1, 0.15) is 31.5 Å². The van der Waals surface area contributed by atoms with Gasteiger partial charge in [-0.2, -0.15) is 0 Å². The van der Waals surface area contributed by atoms with Crippen LogP contribution in [0.25, 0.3) is 0 Å². The Morgan fingerprint density at radius 2 is 2.44 bits per heavy atom. The number of aromatic nitrogens is 2. The number of alkyl halides is 2. The van der Waals surface area contributed by atoms with Crippen molar-refractivity contribution in [2.45, 2.75) is 44.2 Å². The van der Waals surface area contributed by atoms with Gasteiger partial charge in [0, 0.05) is 38.3 Å². The van der Waals surface area contributed by atoms with Gasteiger partial charge in [-0.05, 0) is 12.8 Å². The number of hydrogen-bond acceptors (Lipinski definition) is 2. The monoisotopic (exact) mass is 229 g/mol. The van der Waals surface area contributed by atoms with Crippen molar-refractivity contribution in [1.82, 2.24) is 14.9 Å². The van der Waals surface area contributed by atoms with E-state index in [1.54, 1.807) is 6.20 Å². The van der Waals surface area contributed by atoms with E-state index >= 15 is 0 Å². The van der Waals surface area contributed by atoms with Crippen LogP contribution in [0.15, 0.2) is 12.4 Å². The molecule has 2 rings (SSSR count). The molecule has 0 saturated heterocycles. The Hall–Kier alpha value is -0.970. The van der Waals surface area contributed by atoms with Crippen molar-refractivity contribution in [3.05, 3.63) is 18.2 Å². The molecule has 0 radical (unpaired) electrons. The second kappa shape index (κ2) is 4.49. The van der Waals surface area contributed by atoms with Gasteiger partial charge in [-0.1, -0.05) is 0 Å². The number of nitrogens with zero attached hydrogens (tertiary/aromatic N) is 2. The number of aryl methyl sites for hydroxylation is 1. The van der Waals surface area contributed by atoms with Gasteiger partial charge in [0.25, 0.3) is 0 Å². The molecule has 1 unspecified atom stereocenters. The van der Waals surface area contributed by atoms with Gasteiger partial charge in [-0.25, -0.2) is 13.8 Å². The number of imidazole rings is 1. The number of hydrogen-bond donors (Lipinski definition) is 1. The minimum atomic E-state index is -2.49. The summed E-state index contributed by atoms with van der Waals surface area (Å²) in [6, 6.07) is -0.0829. The van der Waals surface area contributed by atoms with Crippen LogP contribution >= 0.6 is 0 Å². The fraction of sp³-hybridized carbons (Fsp3) is 0.727. The SMILES string of the molecule is Cn1ccnc1CNC1CCCC(F)(F)C1. The summed E-state index contributed by atoms with van der Waals surface area (Å²) in [7, 11) is 1.90. The lowest BCUT2D eigenvalue weighted by atomic mass is 9.92. The fourth-order valence-electron chi connectivity index (χ4n) is 2.15. The van der Waals surface area contributed by atoms with Crippen LogP contribution < -0.4 is 5.32 Å². The molecule has 1 fully saturated rings. The first-order valence-electron chi connectivity index (χ1n) is 5.64.